The maximum absolute atomic E-state index is 12.0. The van der Waals surface area contributed by atoms with E-state index in [0.29, 0.717) is 10.6 Å². The van der Waals surface area contributed by atoms with Crippen LogP contribution in [0.2, 0.25) is 0 Å². The molecule has 8 heteroatoms. The van der Waals surface area contributed by atoms with E-state index in [-0.39, 0.29) is 6.61 Å². The second kappa shape index (κ2) is 7.66. The van der Waals surface area contributed by atoms with Crippen molar-refractivity contribution in [3.8, 4) is 0 Å². The number of hydrogen-bond donors (Lipinski definition) is 1. The lowest BCUT2D eigenvalue weighted by Gasteiger charge is -2.32. The fraction of sp³-hybridized carbons (Fsp3) is 0.529. The zero-order valence-electron chi connectivity index (χ0n) is 15.1. The Labute approximate surface area is 158 Å². The molecule has 1 aliphatic heterocycles. The Hall–Kier alpha value is -1.09. The third-order valence-electron chi connectivity index (χ3n) is 4.38. The minimum atomic E-state index is -0.833. The molecule has 1 saturated heterocycles. The fourth-order valence-electron chi connectivity index (χ4n) is 2.22. The van der Waals surface area contributed by atoms with Crippen molar-refractivity contribution >= 4 is 48.9 Å². The molecule has 0 spiro atoms. The number of esters is 1. The fourth-order valence-corrected chi connectivity index (χ4v) is 3.37. The third-order valence-corrected chi connectivity index (χ3v) is 5.77. The predicted molar refractivity (Wildman–Crippen MR) is 103 cm³/mol. The molecule has 0 aliphatic carbocycles. The van der Waals surface area contributed by atoms with Gasteiger partial charge < -0.3 is 14.0 Å². The van der Waals surface area contributed by atoms with E-state index in [0.717, 1.165) is 10.3 Å². The summed E-state index contributed by atoms with van der Waals surface area (Å²) in [5.41, 5.74) is -0.000577. The van der Waals surface area contributed by atoms with Crippen molar-refractivity contribution in [2.45, 2.75) is 45.8 Å². The largest absolute Gasteiger partial charge is 0.491 e. The number of ether oxygens (including phenoxy) is 1. The van der Waals surface area contributed by atoms with Crippen LogP contribution < -0.4 is 0 Å². The van der Waals surface area contributed by atoms with Crippen LogP contribution in [0.25, 0.3) is 6.08 Å². The number of Topliss-reactive ketones (excluding diaryl/α,β-unsaturated/α-hetero) is 1. The molecule has 0 N–H and O–H groups in total. The van der Waals surface area contributed by atoms with Gasteiger partial charge in [0.25, 0.3) is 5.78 Å². The van der Waals surface area contributed by atoms with Crippen LogP contribution in [-0.4, -0.2) is 42.4 Å². The number of thiophene rings is 1. The normalized spacial score (nSPS) is 19.1. The van der Waals surface area contributed by atoms with Crippen molar-refractivity contribution in [1.29, 1.82) is 0 Å². The summed E-state index contributed by atoms with van der Waals surface area (Å²) in [5, 5.41) is 0. The van der Waals surface area contributed by atoms with E-state index in [4.69, 9.17) is 14.0 Å². The van der Waals surface area contributed by atoms with Crippen molar-refractivity contribution in [3.63, 3.8) is 0 Å². The average Bonchev–Trinajstić information content (AvgIpc) is 3.06. The van der Waals surface area contributed by atoms with E-state index in [1.54, 1.807) is 19.1 Å². The lowest BCUT2D eigenvalue weighted by atomic mass is 9.79. The van der Waals surface area contributed by atoms with Gasteiger partial charge in [0.15, 0.2) is 0 Å². The van der Waals surface area contributed by atoms with Gasteiger partial charge in [-0.2, -0.15) is 12.6 Å². The van der Waals surface area contributed by atoms with Crippen LogP contribution in [-0.2, 0) is 18.8 Å². The molecule has 5 nitrogen and oxygen atoms in total. The molecule has 0 atom stereocenters. The van der Waals surface area contributed by atoms with Crippen molar-refractivity contribution in [1.82, 2.24) is 0 Å². The summed E-state index contributed by atoms with van der Waals surface area (Å²) in [7, 11) is -0.492. The van der Waals surface area contributed by atoms with Crippen LogP contribution in [0.4, 0.5) is 0 Å². The van der Waals surface area contributed by atoms with Crippen LogP contribution in [0.3, 0.4) is 0 Å². The van der Waals surface area contributed by atoms with Gasteiger partial charge in [-0.15, -0.1) is 11.3 Å². The van der Waals surface area contributed by atoms with E-state index < -0.39 is 30.1 Å². The lowest BCUT2D eigenvalue weighted by molar-refractivity contribution is -0.137. The molecule has 1 aromatic rings. The number of carbonyl (C=O) groups is 2. The summed E-state index contributed by atoms with van der Waals surface area (Å²) < 4.78 is 16.8. The number of rotatable bonds is 6. The molecule has 0 amide bonds. The number of ketones is 1. The van der Waals surface area contributed by atoms with Gasteiger partial charge >= 0.3 is 13.1 Å². The number of hydrogen-bond acceptors (Lipinski definition) is 7. The minimum Gasteiger partial charge on any atom is -0.460 e. The maximum Gasteiger partial charge on any atom is 0.491 e. The molecule has 1 fully saturated rings. The van der Waals surface area contributed by atoms with E-state index >= 15 is 0 Å². The highest BCUT2D eigenvalue weighted by Crippen LogP contribution is 2.39. The number of carbonyl (C=O) groups excluding carboxylic acids is 2. The molecular formula is C17H23BO5S2. The Balaban J connectivity index is 2.19. The van der Waals surface area contributed by atoms with Gasteiger partial charge in [-0.1, -0.05) is 0 Å². The Bertz CT molecular complexity index is 677. The first kappa shape index (κ1) is 20.2. The molecular weight excluding hydrogens is 359 g/mol. The van der Waals surface area contributed by atoms with Gasteiger partial charge in [0, 0.05) is 10.6 Å². The average molecular weight is 382 g/mol. The van der Waals surface area contributed by atoms with Crippen LogP contribution in [0.1, 0.15) is 49.2 Å². The van der Waals surface area contributed by atoms with E-state index in [1.165, 1.54) is 11.3 Å². The SMILES string of the molecule is CCOC(=O)C(=O)c1ccc(C=C(CS)B2OC(C)(C)C(C)(C)O2)s1. The lowest BCUT2D eigenvalue weighted by Crippen LogP contribution is -2.41. The van der Waals surface area contributed by atoms with E-state index in [1.807, 2.05) is 33.8 Å². The van der Waals surface area contributed by atoms with Crippen molar-refractivity contribution in [2.24, 2.45) is 0 Å². The standard InChI is InChI=1S/C17H23BO5S2/c1-6-21-15(20)14(19)13-8-7-12(25-13)9-11(10-24)18-22-16(2,3)17(4,5)23-18/h7-9,24H,6,10H2,1-5H3. The molecule has 1 aromatic heterocycles. The molecule has 25 heavy (non-hydrogen) atoms. The van der Waals surface area contributed by atoms with Crippen molar-refractivity contribution in [2.75, 3.05) is 12.4 Å². The Kier molecular flexibility index (Phi) is 6.19. The number of thiol groups is 1. The predicted octanol–water partition coefficient (Wildman–Crippen LogP) is 3.44. The van der Waals surface area contributed by atoms with E-state index in [2.05, 4.69) is 12.6 Å². The van der Waals surface area contributed by atoms with E-state index in [9.17, 15) is 9.59 Å². The molecule has 136 valence electrons. The highest BCUT2D eigenvalue weighted by molar-refractivity contribution is 7.80. The summed E-state index contributed by atoms with van der Waals surface area (Å²) in [4.78, 5) is 24.7. The smallest absolute Gasteiger partial charge is 0.460 e. The summed E-state index contributed by atoms with van der Waals surface area (Å²) in [6, 6.07) is 3.40. The van der Waals surface area contributed by atoms with Gasteiger partial charge in [0.1, 0.15) is 0 Å². The van der Waals surface area contributed by atoms with Crippen LogP contribution in [0.5, 0.6) is 0 Å². The van der Waals surface area contributed by atoms with Crippen LogP contribution >= 0.6 is 24.0 Å². The zero-order chi connectivity index (χ0) is 18.8. The highest BCUT2D eigenvalue weighted by atomic mass is 32.1. The summed E-state index contributed by atoms with van der Waals surface area (Å²) in [6.07, 6.45) is 1.89. The Morgan fingerprint density at radius 2 is 1.84 bits per heavy atom. The first-order valence-corrected chi connectivity index (χ1v) is 9.54. The molecule has 2 rings (SSSR count). The highest BCUT2D eigenvalue weighted by Gasteiger charge is 2.52. The maximum atomic E-state index is 12.0. The van der Waals surface area contributed by atoms with Gasteiger partial charge in [-0.05, 0) is 58.3 Å². The molecule has 2 heterocycles. The van der Waals surface area contributed by atoms with Gasteiger partial charge in [0.05, 0.1) is 22.7 Å². The summed E-state index contributed by atoms with van der Waals surface area (Å²) in [6.45, 7) is 9.80. The second-order valence-electron chi connectivity index (χ2n) is 6.72. The minimum absolute atomic E-state index is 0.175. The first-order valence-electron chi connectivity index (χ1n) is 8.09. The molecule has 0 unspecified atom stereocenters. The van der Waals surface area contributed by atoms with Gasteiger partial charge in [0.2, 0.25) is 0 Å². The molecule has 1 aliphatic rings. The molecule has 0 aromatic carbocycles. The van der Waals surface area contributed by atoms with Gasteiger partial charge in [-0.3, -0.25) is 4.79 Å². The van der Waals surface area contributed by atoms with Gasteiger partial charge in [-0.25, -0.2) is 4.79 Å². The monoisotopic (exact) mass is 382 g/mol. The third kappa shape index (κ3) is 4.37. The van der Waals surface area contributed by atoms with Crippen LogP contribution in [0, 0.1) is 0 Å². The van der Waals surface area contributed by atoms with Crippen molar-refractivity contribution in [3.05, 3.63) is 27.4 Å². The quantitative estimate of drug-likeness (QED) is 0.269. The first-order chi connectivity index (χ1) is 11.6. The molecule has 0 bridgehead atoms. The van der Waals surface area contributed by atoms with Crippen molar-refractivity contribution < 1.29 is 23.6 Å². The molecule has 0 radical (unpaired) electrons. The topological polar surface area (TPSA) is 61.8 Å². The summed E-state index contributed by atoms with van der Waals surface area (Å²) >= 11 is 5.60. The zero-order valence-corrected chi connectivity index (χ0v) is 16.8. The van der Waals surface area contributed by atoms with Crippen LogP contribution in [0.15, 0.2) is 17.6 Å². The molecule has 0 saturated carbocycles. The summed E-state index contributed by atoms with van der Waals surface area (Å²) in [5.74, 6) is -1.01. The Morgan fingerprint density at radius 1 is 1.24 bits per heavy atom. The Morgan fingerprint density at radius 3 is 2.36 bits per heavy atom. The second-order valence-corrected chi connectivity index (χ2v) is 8.15.